The quantitative estimate of drug-likeness (QED) is 0.403. The molecule has 10 heteroatoms. The maximum Gasteiger partial charge on any atom is 0.266 e. The normalized spacial score (nSPS) is 15.8. The molecule has 1 fully saturated rings. The molecule has 5 rings (SSSR count). The van der Waals surface area contributed by atoms with Gasteiger partial charge in [0.25, 0.3) is 5.92 Å². The van der Waals surface area contributed by atoms with E-state index in [2.05, 4.69) is 20.3 Å². The largest absolute Gasteiger partial charge is 0.364 e. The fourth-order valence-electron chi connectivity index (χ4n) is 4.04. The van der Waals surface area contributed by atoms with Crippen LogP contribution in [-0.2, 0) is 5.54 Å². The number of nitrogens with one attached hydrogen (secondary N) is 1. The zero-order valence-corrected chi connectivity index (χ0v) is 20.0. The van der Waals surface area contributed by atoms with Gasteiger partial charge in [-0.05, 0) is 44.5 Å². The molecule has 3 N–H and O–H groups in total. The van der Waals surface area contributed by atoms with Crippen LogP contribution in [0.15, 0.2) is 42.7 Å². The lowest BCUT2D eigenvalue weighted by molar-refractivity contribution is 0.0257. The molecule has 0 aromatic carbocycles. The number of thiazole rings is 1. The Hall–Kier alpha value is -3.24. The summed E-state index contributed by atoms with van der Waals surface area (Å²) in [4.78, 5) is 20.0. The molecule has 0 bridgehead atoms. The Morgan fingerprint density at radius 3 is 2.68 bits per heavy atom. The van der Waals surface area contributed by atoms with Crippen molar-refractivity contribution in [2.75, 3.05) is 23.3 Å². The number of aryl methyl sites for hydroxylation is 1. The summed E-state index contributed by atoms with van der Waals surface area (Å²) >= 11 is 1.54. The second-order valence-corrected chi connectivity index (χ2v) is 10.2. The first kappa shape index (κ1) is 22.5. The molecule has 1 aliphatic rings. The van der Waals surface area contributed by atoms with Crippen LogP contribution in [-0.4, -0.2) is 38.9 Å². The van der Waals surface area contributed by atoms with Gasteiger partial charge in [-0.3, -0.25) is 4.98 Å². The lowest BCUT2D eigenvalue weighted by Gasteiger charge is -2.28. The Morgan fingerprint density at radius 2 is 1.97 bits per heavy atom. The number of fused-ring (bicyclic) bond motifs is 1. The zero-order valence-electron chi connectivity index (χ0n) is 19.1. The summed E-state index contributed by atoms with van der Waals surface area (Å²) in [7, 11) is 0. The number of anilines is 3. The second kappa shape index (κ2) is 8.21. The van der Waals surface area contributed by atoms with Gasteiger partial charge in [0.2, 0.25) is 0 Å². The van der Waals surface area contributed by atoms with E-state index in [0.717, 1.165) is 26.5 Å². The van der Waals surface area contributed by atoms with Gasteiger partial charge < -0.3 is 16.0 Å². The highest BCUT2D eigenvalue weighted by molar-refractivity contribution is 7.21. The Bertz CT molecular complexity index is 1360. The lowest BCUT2D eigenvalue weighted by atomic mass is 9.99. The van der Waals surface area contributed by atoms with Crippen LogP contribution < -0.4 is 16.0 Å². The van der Waals surface area contributed by atoms with Crippen molar-refractivity contribution in [1.82, 2.24) is 19.9 Å². The van der Waals surface area contributed by atoms with Crippen molar-refractivity contribution in [3.05, 3.63) is 54.0 Å². The molecule has 5 heterocycles. The van der Waals surface area contributed by atoms with Gasteiger partial charge in [-0.2, -0.15) is 0 Å². The monoisotopic (exact) mass is 481 g/mol. The van der Waals surface area contributed by atoms with Gasteiger partial charge in [0, 0.05) is 31.4 Å². The molecular formula is C24H25F2N7S. The van der Waals surface area contributed by atoms with Crippen molar-refractivity contribution in [1.29, 1.82) is 0 Å². The average Bonchev–Trinajstić information content (AvgIpc) is 3.36. The van der Waals surface area contributed by atoms with E-state index in [-0.39, 0.29) is 19.5 Å². The summed E-state index contributed by atoms with van der Waals surface area (Å²) < 4.78 is 28.6. The number of halogens is 2. The van der Waals surface area contributed by atoms with E-state index in [1.165, 1.54) is 11.3 Å². The molecule has 0 amide bonds. The van der Waals surface area contributed by atoms with Crippen LogP contribution in [0.1, 0.15) is 31.5 Å². The van der Waals surface area contributed by atoms with Crippen LogP contribution in [0.2, 0.25) is 0 Å². The minimum atomic E-state index is -2.70. The van der Waals surface area contributed by atoms with Crippen LogP contribution in [0.3, 0.4) is 0 Å². The summed E-state index contributed by atoms with van der Waals surface area (Å²) in [5.74, 6) is -1.59. The molecule has 0 saturated carbocycles. The lowest BCUT2D eigenvalue weighted by Crippen LogP contribution is -2.34. The first-order chi connectivity index (χ1) is 16.1. The molecule has 4 aromatic rings. The molecule has 1 saturated heterocycles. The molecule has 0 spiro atoms. The number of pyridine rings is 3. The number of alkyl halides is 2. The minimum Gasteiger partial charge on any atom is -0.364 e. The van der Waals surface area contributed by atoms with E-state index >= 15 is 0 Å². The number of hydrogen-bond donors (Lipinski definition) is 2. The first-order valence-electron chi connectivity index (χ1n) is 11.0. The van der Waals surface area contributed by atoms with Crippen LogP contribution in [0.5, 0.6) is 0 Å². The van der Waals surface area contributed by atoms with Gasteiger partial charge in [-0.25, -0.2) is 23.7 Å². The maximum atomic E-state index is 13.8. The topological polar surface area (TPSA) is 92.9 Å². The number of aromatic nitrogens is 4. The Labute approximate surface area is 200 Å². The molecule has 0 atom stereocenters. The predicted octanol–water partition coefficient (Wildman–Crippen LogP) is 5.24. The van der Waals surface area contributed by atoms with Crippen LogP contribution in [0.25, 0.3) is 20.9 Å². The highest BCUT2D eigenvalue weighted by Gasteiger charge is 2.40. The van der Waals surface area contributed by atoms with Crippen molar-refractivity contribution >= 4 is 38.9 Å². The van der Waals surface area contributed by atoms with Gasteiger partial charge in [0.1, 0.15) is 22.3 Å². The third-order valence-electron chi connectivity index (χ3n) is 5.74. The number of hydrogen-bond acceptors (Lipinski definition) is 8. The fourth-order valence-corrected chi connectivity index (χ4v) is 5.01. The summed E-state index contributed by atoms with van der Waals surface area (Å²) in [6.07, 6.45) is 3.36. The minimum absolute atomic E-state index is 0.172. The van der Waals surface area contributed by atoms with Gasteiger partial charge in [0.15, 0.2) is 0 Å². The molecular weight excluding hydrogens is 456 g/mol. The van der Waals surface area contributed by atoms with Crippen molar-refractivity contribution in [3.8, 4) is 10.7 Å². The molecule has 1 aliphatic heterocycles. The molecule has 0 aliphatic carbocycles. The molecule has 0 radical (unpaired) electrons. The number of nitrogens with two attached hydrogens (primary N) is 1. The fraction of sp³-hybridized carbons (Fsp3) is 0.333. The number of rotatable bonds is 5. The van der Waals surface area contributed by atoms with E-state index in [1.807, 2.05) is 39.0 Å². The Morgan fingerprint density at radius 1 is 1.15 bits per heavy atom. The summed E-state index contributed by atoms with van der Waals surface area (Å²) in [6, 6.07) is 9.33. The highest BCUT2D eigenvalue weighted by Crippen LogP contribution is 2.36. The van der Waals surface area contributed by atoms with E-state index in [9.17, 15) is 8.78 Å². The zero-order chi connectivity index (χ0) is 24.1. The standard InChI is InChI=1S/C24H25F2N7S/c1-14-5-4-9-28-20(14)22-30-15-11-19(29-12-17(15)34-22)31-18-7-6-16(21(32-18)23(2,3)27)33-10-8-24(25,26)13-33/h4-7,9,11-12H,8,10,13,27H2,1-3H3,(H,29,31,32). The molecule has 4 aromatic heterocycles. The van der Waals surface area contributed by atoms with Crippen molar-refractivity contribution in [2.45, 2.75) is 38.7 Å². The van der Waals surface area contributed by atoms with Gasteiger partial charge in [-0.15, -0.1) is 11.3 Å². The highest BCUT2D eigenvalue weighted by atomic mass is 32.1. The first-order valence-corrected chi connectivity index (χ1v) is 11.8. The van der Waals surface area contributed by atoms with Crippen LogP contribution in [0, 0.1) is 6.92 Å². The van der Waals surface area contributed by atoms with Gasteiger partial charge >= 0.3 is 0 Å². The van der Waals surface area contributed by atoms with E-state index in [1.54, 1.807) is 29.4 Å². The molecule has 34 heavy (non-hydrogen) atoms. The van der Waals surface area contributed by atoms with E-state index < -0.39 is 11.5 Å². The Balaban J connectivity index is 1.44. The smallest absolute Gasteiger partial charge is 0.266 e. The van der Waals surface area contributed by atoms with Crippen LogP contribution in [0.4, 0.5) is 26.1 Å². The SMILES string of the molecule is Cc1cccnc1-c1nc2cc(Nc3ccc(N4CCC(F)(F)C4)c(C(C)(C)N)n3)ncc2s1. The average molecular weight is 482 g/mol. The van der Waals surface area contributed by atoms with Crippen molar-refractivity contribution < 1.29 is 8.78 Å². The Kier molecular flexibility index (Phi) is 5.44. The van der Waals surface area contributed by atoms with Crippen molar-refractivity contribution in [3.63, 3.8) is 0 Å². The third kappa shape index (κ3) is 4.43. The third-order valence-corrected chi connectivity index (χ3v) is 6.75. The molecule has 7 nitrogen and oxygen atoms in total. The summed E-state index contributed by atoms with van der Waals surface area (Å²) in [6.45, 7) is 5.58. The molecule has 176 valence electrons. The van der Waals surface area contributed by atoms with E-state index in [0.29, 0.717) is 23.0 Å². The van der Waals surface area contributed by atoms with Crippen molar-refractivity contribution in [2.24, 2.45) is 5.73 Å². The predicted molar refractivity (Wildman–Crippen MR) is 132 cm³/mol. The van der Waals surface area contributed by atoms with Gasteiger partial charge in [0.05, 0.1) is 33.7 Å². The summed E-state index contributed by atoms with van der Waals surface area (Å²) in [5.41, 5.74) is 9.46. The van der Waals surface area contributed by atoms with Crippen LogP contribution >= 0.6 is 11.3 Å². The maximum absolute atomic E-state index is 13.8. The number of nitrogens with zero attached hydrogens (tertiary/aromatic N) is 5. The summed E-state index contributed by atoms with van der Waals surface area (Å²) in [5, 5.41) is 4.04. The molecule has 0 unspecified atom stereocenters. The van der Waals surface area contributed by atoms with E-state index in [4.69, 9.17) is 10.7 Å². The second-order valence-electron chi connectivity index (χ2n) is 9.16. The van der Waals surface area contributed by atoms with Gasteiger partial charge in [-0.1, -0.05) is 6.07 Å².